The molecule has 0 radical (unpaired) electrons. The van der Waals surface area contributed by atoms with Crippen molar-refractivity contribution in [2.75, 3.05) is 11.9 Å². The lowest BCUT2D eigenvalue weighted by atomic mass is 9.91. The van der Waals surface area contributed by atoms with Crippen LogP contribution < -0.4 is 10.1 Å². The molecule has 30 heavy (non-hydrogen) atoms. The number of carbonyl (C=O) groups is 1. The summed E-state index contributed by atoms with van der Waals surface area (Å²) in [5, 5.41) is 6.28. The number of nitrogens with one attached hydrogen (secondary N) is 1. The van der Waals surface area contributed by atoms with E-state index in [0.717, 1.165) is 17.7 Å². The maximum absolute atomic E-state index is 14.0. The average molecular weight is 455 g/mol. The molecule has 3 heterocycles. The predicted octanol–water partition coefficient (Wildman–Crippen LogP) is 5.11. The van der Waals surface area contributed by atoms with Gasteiger partial charge in [-0.2, -0.15) is 23.3 Å². The number of nitrogens with zero attached hydrogens (tertiary/aromatic N) is 3. The van der Waals surface area contributed by atoms with Crippen molar-refractivity contribution in [1.82, 2.24) is 14.8 Å². The van der Waals surface area contributed by atoms with E-state index < -0.39 is 29.3 Å². The van der Waals surface area contributed by atoms with Crippen molar-refractivity contribution in [3.63, 3.8) is 0 Å². The van der Waals surface area contributed by atoms with Crippen molar-refractivity contribution in [2.24, 2.45) is 0 Å². The zero-order valence-corrected chi connectivity index (χ0v) is 17.0. The molecule has 4 rings (SSSR count). The standard InChI is InChI=1S/C19H14ClF3N4O2S/c1-2-29-11-5-3-10(4-6-11)15-14(16(28)12-7-8-13(20)30-12)17(19(21,22)23)26-18-24-9-25-27(15)18/h3-9,15H,2H2,1H3,(H,24,25,26). The topological polar surface area (TPSA) is 69.0 Å². The number of carbonyl (C=O) groups excluding carboxylic acids is 1. The number of allylic oxidation sites excluding steroid dienone is 2. The van der Waals surface area contributed by atoms with Gasteiger partial charge in [-0.1, -0.05) is 23.7 Å². The van der Waals surface area contributed by atoms with Crippen molar-refractivity contribution in [3.05, 3.63) is 68.8 Å². The fourth-order valence-electron chi connectivity index (χ4n) is 3.22. The highest BCUT2D eigenvalue weighted by molar-refractivity contribution is 7.18. The average Bonchev–Trinajstić information content (AvgIpc) is 3.35. The van der Waals surface area contributed by atoms with Gasteiger partial charge >= 0.3 is 6.18 Å². The van der Waals surface area contributed by atoms with Crippen LogP contribution in [0, 0.1) is 0 Å². The fourth-order valence-corrected chi connectivity index (χ4v) is 4.22. The van der Waals surface area contributed by atoms with E-state index in [1.54, 1.807) is 24.3 Å². The van der Waals surface area contributed by atoms with Gasteiger partial charge in [0.2, 0.25) is 11.7 Å². The molecule has 1 aromatic carbocycles. The Bertz CT molecular complexity index is 1120. The van der Waals surface area contributed by atoms with Gasteiger partial charge in [-0.3, -0.25) is 4.79 Å². The second kappa shape index (κ2) is 7.77. The Hall–Kier alpha value is -2.85. The molecule has 6 nitrogen and oxygen atoms in total. The van der Waals surface area contributed by atoms with E-state index in [1.807, 2.05) is 6.92 Å². The largest absolute Gasteiger partial charge is 0.494 e. The van der Waals surface area contributed by atoms with E-state index in [2.05, 4.69) is 15.4 Å². The van der Waals surface area contributed by atoms with Crippen LogP contribution in [0.3, 0.4) is 0 Å². The molecule has 156 valence electrons. The third kappa shape index (κ3) is 3.68. The van der Waals surface area contributed by atoms with Crippen molar-refractivity contribution >= 4 is 34.7 Å². The number of fused-ring (bicyclic) bond motifs is 1. The maximum atomic E-state index is 14.0. The van der Waals surface area contributed by atoms with E-state index in [4.69, 9.17) is 16.3 Å². The zero-order valence-electron chi connectivity index (χ0n) is 15.4. The molecule has 0 saturated heterocycles. The molecule has 1 aliphatic rings. The van der Waals surface area contributed by atoms with E-state index in [1.165, 1.54) is 16.8 Å². The number of aromatic nitrogens is 3. The number of benzene rings is 1. The van der Waals surface area contributed by atoms with Gasteiger partial charge in [-0.05, 0) is 36.8 Å². The normalized spacial score (nSPS) is 16.2. The lowest BCUT2D eigenvalue weighted by molar-refractivity contribution is -0.0918. The molecule has 3 aromatic rings. The number of rotatable bonds is 5. The minimum absolute atomic E-state index is 0.0954. The molecule has 11 heteroatoms. The zero-order chi connectivity index (χ0) is 21.5. The highest BCUT2D eigenvalue weighted by atomic mass is 35.5. The van der Waals surface area contributed by atoms with Gasteiger partial charge in [0.25, 0.3) is 0 Å². The third-order valence-electron chi connectivity index (χ3n) is 4.43. The first-order valence-corrected chi connectivity index (χ1v) is 9.99. The van der Waals surface area contributed by atoms with Gasteiger partial charge in [0.05, 0.1) is 21.4 Å². The molecule has 0 saturated carbocycles. The number of Topliss-reactive ketones (excluding diaryl/α,β-unsaturated/α-hetero) is 1. The van der Waals surface area contributed by atoms with Crippen molar-refractivity contribution < 1.29 is 22.7 Å². The number of alkyl halides is 3. The number of hydrogen-bond donors (Lipinski definition) is 1. The van der Waals surface area contributed by atoms with Gasteiger partial charge in [0.15, 0.2) is 0 Å². The van der Waals surface area contributed by atoms with Crippen LogP contribution in [-0.4, -0.2) is 33.3 Å². The quantitative estimate of drug-likeness (QED) is 0.543. The summed E-state index contributed by atoms with van der Waals surface area (Å²) in [6.07, 6.45) is -3.68. The van der Waals surface area contributed by atoms with Crippen molar-refractivity contribution in [3.8, 4) is 5.75 Å². The monoisotopic (exact) mass is 454 g/mol. The van der Waals surface area contributed by atoms with Crippen molar-refractivity contribution in [2.45, 2.75) is 19.1 Å². The molecular formula is C19H14ClF3N4O2S. The molecule has 0 bridgehead atoms. The van der Waals surface area contributed by atoms with Crippen LogP contribution in [0.25, 0.3) is 0 Å². The number of halogens is 4. The Morgan fingerprint density at radius 1 is 1.27 bits per heavy atom. The molecule has 1 unspecified atom stereocenters. The molecule has 0 spiro atoms. The maximum Gasteiger partial charge on any atom is 0.431 e. The lowest BCUT2D eigenvalue weighted by Crippen LogP contribution is -2.35. The summed E-state index contributed by atoms with van der Waals surface area (Å²) in [6.45, 7) is 2.27. The number of ketones is 1. The first-order chi connectivity index (χ1) is 14.3. The van der Waals surface area contributed by atoms with Crippen LogP contribution >= 0.6 is 22.9 Å². The first-order valence-electron chi connectivity index (χ1n) is 8.80. The Morgan fingerprint density at radius 2 is 2.00 bits per heavy atom. The van der Waals surface area contributed by atoms with Crippen LogP contribution in [-0.2, 0) is 0 Å². The fraction of sp³-hybridized carbons (Fsp3) is 0.211. The van der Waals surface area contributed by atoms with E-state index in [0.29, 0.717) is 22.3 Å². The number of anilines is 1. The number of hydrogen-bond acceptors (Lipinski definition) is 6. The summed E-state index contributed by atoms with van der Waals surface area (Å²) in [5.74, 6) is -0.333. The minimum Gasteiger partial charge on any atom is -0.494 e. The smallest absolute Gasteiger partial charge is 0.431 e. The van der Waals surface area contributed by atoms with Gasteiger partial charge in [-0.15, -0.1) is 11.3 Å². The Balaban J connectivity index is 1.91. The SMILES string of the molecule is CCOc1ccc(C2C(C(=O)c3ccc(Cl)s3)=C(C(F)(F)F)Nc3ncnn32)cc1. The summed E-state index contributed by atoms with van der Waals surface area (Å²) < 4.78 is 48.8. The van der Waals surface area contributed by atoms with Crippen LogP contribution in [0.2, 0.25) is 4.34 Å². The second-order valence-corrected chi connectivity index (χ2v) is 7.99. The molecule has 1 atom stereocenters. The van der Waals surface area contributed by atoms with E-state index >= 15 is 0 Å². The number of ether oxygens (including phenoxy) is 1. The molecular weight excluding hydrogens is 441 g/mol. The van der Waals surface area contributed by atoms with Crippen molar-refractivity contribution in [1.29, 1.82) is 0 Å². The van der Waals surface area contributed by atoms with E-state index in [9.17, 15) is 18.0 Å². The molecule has 0 amide bonds. The predicted molar refractivity (Wildman–Crippen MR) is 106 cm³/mol. The van der Waals surface area contributed by atoms with Crippen LogP contribution in [0.5, 0.6) is 5.75 Å². The van der Waals surface area contributed by atoms with Gasteiger partial charge in [-0.25, -0.2) is 4.68 Å². The molecule has 0 aliphatic carbocycles. The summed E-state index contributed by atoms with van der Waals surface area (Å²) in [6, 6.07) is 8.22. The van der Waals surface area contributed by atoms with Crippen LogP contribution in [0.1, 0.15) is 28.2 Å². The molecule has 1 aliphatic heterocycles. The van der Waals surface area contributed by atoms with Gasteiger partial charge in [0, 0.05) is 0 Å². The highest BCUT2D eigenvalue weighted by Crippen LogP contribution is 2.42. The molecule has 1 N–H and O–H groups in total. The minimum atomic E-state index is -4.81. The Morgan fingerprint density at radius 3 is 2.60 bits per heavy atom. The van der Waals surface area contributed by atoms with E-state index in [-0.39, 0.29) is 10.8 Å². The molecule has 2 aromatic heterocycles. The highest BCUT2D eigenvalue weighted by Gasteiger charge is 2.46. The first kappa shape index (κ1) is 20.4. The summed E-state index contributed by atoms with van der Waals surface area (Å²) >= 11 is 6.82. The lowest BCUT2D eigenvalue weighted by Gasteiger charge is -2.30. The Kier molecular flexibility index (Phi) is 5.29. The van der Waals surface area contributed by atoms with Crippen LogP contribution in [0.15, 0.2) is 54.0 Å². The Labute approximate surface area is 177 Å². The third-order valence-corrected chi connectivity index (χ3v) is 5.66. The summed E-state index contributed by atoms with van der Waals surface area (Å²) in [4.78, 5) is 17.2. The van der Waals surface area contributed by atoms with Gasteiger partial charge in [0.1, 0.15) is 23.8 Å². The number of thiophene rings is 1. The van der Waals surface area contributed by atoms with Gasteiger partial charge < -0.3 is 10.1 Å². The second-order valence-electron chi connectivity index (χ2n) is 6.28. The van der Waals surface area contributed by atoms with Crippen LogP contribution in [0.4, 0.5) is 19.1 Å². The summed E-state index contributed by atoms with van der Waals surface area (Å²) in [7, 11) is 0. The summed E-state index contributed by atoms with van der Waals surface area (Å²) in [5.41, 5.74) is -1.22. The molecule has 0 fully saturated rings.